The van der Waals surface area contributed by atoms with Crippen molar-refractivity contribution in [1.82, 2.24) is 9.88 Å². The van der Waals surface area contributed by atoms with Crippen LogP contribution in [0.5, 0.6) is 0 Å². The Morgan fingerprint density at radius 3 is 2.73 bits per heavy atom. The molecule has 0 bridgehead atoms. The highest BCUT2D eigenvalue weighted by molar-refractivity contribution is 7.80. The topological polar surface area (TPSA) is 59.2 Å². The quantitative estimate of drug-likeness (QED) is 0.773. The summed E-state index contributed by atoms with van der Waals surface area (Å²) in [6.45, 7) is 1.47. The van der Waals surface area contributed by atoms with E-state index in [1.54, 1.807) is 25.5 Å². The number of nitrogens with zero attached hydrogens (tertiary/aromatic N) is 2. The van der Waals surface area contributed by atoms with Gasteiger partial charge in [-0.2, -0.15) is 0 Å². The first-order chi connectivity index (χ1) is 7.04. The van der Waals surface area contributed by atoms with Crippen LogP contribution in [0.4, 0.5) is 0 Å². The van der Waals surface area contributed by atoms with Gasteiger partial charge >= 0.3 is 0 Å². The summed E-state index contributed by atoms with van der Waals surface area (Å²) in [7, 11) is 1.67. The fourth-order valence-corrected chi connectivity index (χ4v) is 1.59. The Hall–Kier alpha value is -1.49. The molecule has 0 aromatic carbocycles. The van der Waals surface area contributed by atoms with Gasteiger partial charge in [0.1, 0.15) is 11.0 Å². The van der Waals surface area contributed by atoms with Crippen molar-refractivity contribution in [2.75, 3.05) is 7.05 Å². The summed E-state index contributed by atoms with van der Waals surface area (Å²) in [5, 5.41) is 0. The molecule has 15 heavy (non-hydrogen) atoms. The van der Waals surface area contributed by atoms with E-state index in [0.29, 0.717) is 0 Å². The van der Waals surface area contributed by atoms with Gasteiger partial charge in [-0.1, -0.05) is 18.3 Å². The molecule has 0 saturated carbocycles. The van der Waals surface area contributed by atoms with E-state index < -0.39 is 0 Å². The SMILES string of the molecule is CC(=O)N(C)C(C(N)=S)c1cccnc1. The van der Waals surface area contributed by atoms with Crippen LogP contribution < -0.4 is 5.73 Å². The van der Waals surface area contributed by atoms with Crippen molar-refractivity contribution in [3.05, 3.63) is 30.1 Å². The van der Waals surface area contributed by atoms with Gasteiger partial charge in [-0.15, -0.1) is 0 Å². The Morgan fingerprint density at radius 2 is 2.33 bits per heavy atom. The van der Waals surface area contributed by atoms with Gasteiger partial charge in [0.2, 0.25) is 5.91 Å². The van der Waals surface area contributed by atoms with Crippen LogP contribution >= 0.6 is 12.2 Å². The Kier molecular flexibility index (Phi) is 3.74. The fourth-order valence-electron chi connectivity index (χ4n) is 1.30. The number of carbonyl (C=O) groups is 1. The van der Waals surface area contributed by atoms with E-state index in [9.17, 15) is 4.79 Å². The molecule has 1 amide bonds. The summed E-state index contributed by atoms with van der Waals surface area (Å²) in [6.07, 6.45) is 3.32. The number of carbonyl (C=O) groups excluding carboxylic acids is 1. The van der Waals surface area contributed by atoms with Gasteiger partial charge < -0.3 is 10.6 Å². The molecule has 0 spiro atoms. The predicted molar refractivity (Wildman–Crippen MR) is 62.2 cm³/mol. The molecule has 2 N–H and O–H groups in total. The molecular formula is C10H13N3OS. The Bertz CT molecular complexity index is 366. The highest BCUT2D eigenvalue weighted by Gasteiger charge is 2.21. The van der Waals surface area contributed by atoms with E-state index >= 15 is 0 Å². The van der Waals surface area contributed by atoms with Crippen molar-refractivity contribution in [2.45, 2.75) is 13.0 Å². The first-order valence-corrected chi connectivity index (χ1v) is 4.87. The number of likely N-dealkylation sites (N-methyl/N-ethyl adjacent to an activating group) is 1. The molecule has 1 unspecified atom stereocenters. The second kappa shape index (κ2) is 4.84. The molecule has 1 aromatic heterocycles. The van der Waals surface area contributed by atoms with Crippen LogP contribution in [0.3, 0.4) is 0 Å². The average Bonchev–Trinajstić information content (AvgIpc) is 2.18. The molecule has 0 aliphatic carbocycles. The maximum Gasteiger partial charge on any atom is 0.220 e. The van der Waals surface area contributed by atoms with Crippen LogP contribution in [-0.4, -0.2) is 27.8 Å². The zero-order chi connectivity index (χ0) is 11.4. The van der Waals surface area contributed by atoms with Crippen molar-refractivity contribution in [2.24, 2.45) is 5.73 Å². The van der Waals surface area contributed by atoms with Crippen molar-refractivity contribution in [1.29, 1.82) is 0 Å². The van der Waals surface area contributed by atoms with Crippen LogP contribution in [0.1, 0.15) is 18.5 Å². The Balaban J connectivity index is 3.04. The summed E-state index contributed by atoms with van der Waals surface area (Å²) < 4.78 is 0. The zero-order valence-corrected chi connectivity index (χ0v) is 9.49. The molecule has 1 aromatic rings. The van der Waals surface area contributed by atoms with Crippen LogP contribution in [0.15, 0.2) is 24.5 Å². The minimum atomic E-state index is -0.383. The van der Waals surface area contributed by atoms with Gasteiger partial charge in [-0.05, 0) is 11.6 Å². The minimum Gasteiger partial charge on any atom is -0.391 e. The summed E-state index contributed by atoms with van der Waals surface area (Å²) in [6, 6.07) is 3.25. The predicted octanol–water partition coefficient (Wildman–Crippen LogP) is 0.887. The number of pyridine rings is 1. The Morgan fingerprint density at radius 1 is 1.67 bits per heavy atom. The van der Waals surface area contributed by atoms with E-state index in [4.69, 9.17) is 18.0 Å². The molecule has 0 fully saturated rings. The third kappa shape index (κ3) is 2.73. The van der Waals surface area contributed by atoms with Gasteiger partial charge in [0, 0.05) is 26.4 Å². The molecule has 1 rings (SSSR count). The van der Waals surface area contributed by atoms with Crippen molar-refractivity contribution in [3.63, 3.8) is 0 Å². The summed E-state index contributed by atoms with van der Waals surface area (Å²) in [5.74, 6) is -0.0864. The van der Waals surface area contributed by atoms with E-state index in [1.807, 2.05) is 6.07 Å². The van der Waals surface area contributed by atoms with Crippen LogP contribution in [0.2, 0.25) is 0 Å². The molecule has 0 aliphatic rings. The van der Waals surface area contributed by atoms with Gasteiger partial charge in [-0.25, -0.2) is 0 Å². The molecule has 1 atom stereocenters. The number of hydrogen-bond acceptors (Lipinski definition) is 3. The lowest BCUT2D eigenvalue weighted by atomic mass is 10.1. The molecule has 0 aliphatic heterocycles. The summed E-state index contributed by atoms with van der Waals surface area (Å²) in [4.78, 5) is 17.0. The lowest BCUT2D eigenvalue weighted by Crippen LogP contribution is -2.37. The normalized spacial score (nSPS) is 11.9. The molecular weight excluding hydrogens is 210 g/mol. The van der Waals surface area contributed by atoms with Crippen LogP contribution in [0.25, 0.3) is 0 Å². The largest absolute Gasteiger partial charge is 0.391 e. The van der Waals surface area contributed by atoms with Gasteiger partial charge in [-0.3, -0.25) is 9.78 Å². The maximum absolute atomic E-state index is 11.3. The van der Waals surface area contributed by atoms with Gasteiger partial charge in [0.05, 0.1) is 0 Å². The van der Waals surface area contributed by atoms with E-state index in [0.717, 1.165) is 5.56 Å². The summed E-state index contributed by atoms with van der Waals surface area (Å²) in [5.41, 5.74) is 6.44. The lowest BCUT2D eigenvalue weighted by molar-refractivity contribution is -0.128. The number of rotatable bonds is 3. The monoisotopic (exact) mass is 223 g/mol. The average molecular weight is 223 g/mol. The molecule has 5 heteroatoms. The first-order valence-electron chi connectivity index (χ1n) is 4.46. The molecule has 0 saturated heterocycles. The van der Waals surface area contributed by atoms with Crippen LogP contribution in [-0.2, 0) is 4.79 Å². The minimum absolute atomic E-state index is 0.0864. The van der Waals surface area contributed by atoms with Crippen molar-refractivity contribution >= 4 is 23.1 Å². The summed E-state index contributed by atoms with van der Waals surface area (Å²) >= 11 is 4.95. The van der Waals surface area contributed by atoms with Crippen molar-refractivity contribution < 1.29 is 4.79 Å². The smallest absolute Gasteiger partial charge is 0.220 e. The number of amides is 1. The number of aromatic nitrogens is 1. The molecule has 4 nitrogen and oxygen atoms in total. The number of thiocarbonyl (C=S) groups is 1. The second-order valence-corrected chi connectivity index (χ2v) is 3.69. The molecule has 0 radical (unpaired) electrons. The van der Waals surface area contributed by atoms with Gasteiger partial charge in [0.25, 0.3) is 0 Å². The number of nitrogens with two attached hydrogens (primary N) is 1. The lowest BCUT2D eigenvalue weighted by Gasteiger charge is -2.26. The van der Waals surface area contributed by atoms with Crippen molar-refractivity contribution in [3.8, 4) is 0 Å². The number of hydrogen-bond donors (Lipinski definition) is 1. The van der Waals surface area contributed by atoms with E-state index in [2.05, 4.69) is 4.98 Å². The van der Waals surface area contributed by atoms with E-state index in [-0.39, 0.29) is 16.9 Å². The maximum atomic E-state index is 11.3. The molecule has 80 valence electrons. The zero-order valence-electron chi connectivity index (χ0n) is 8.68. The van der Waals surface area contributed by atoms with E-state index in [1.165, 1.54) is 11.8 Å². The third-order valence-corrected chi connectivity index (χ3v) is 2.38. The van der Waals surface area contributed by atoms with Gasteiger partial charge in [0.15, 0.2) is 0 Å². The third-order valence-electron chi connectivity index (χ3n) is 2.15. The molecule has 1 heterocycles. The fraction of sp³-hybridized carbons (Fsp3) is 0.300. The Labute approximate surface area is 94.1 Å². The second-order valence-electron chi connectivity index (χ2n) is 3.22. The van der Waals surface area contributed by atoms with Crippen LogP contribution in [0, 0.1) is 0 Å². The standard InChI is InChI=1S/C10H13N3OS/c1-7(14)13(2)9(10(11)15)8-4-3-5-12-6-8/h3-6,9H,1-2H3,(H2,11,15). The highest BCUT2D eigenvalue weighted by Crippen LogP contribution is 2.18. The highest BCUT2D eigenvalue weighted by atomic mass is 32.1. The first kappa shape index (κ1) is 11.6.